The second-order valence-corrected chi connectivity index (χ2v) is 2.98. The number of hydrogen-bond donors (Lipinski definition) is 2. The van der Waals surface area contributed by atoms with E-state index in [-0.39, 0.29) is 11.9 Å². The lowest BCUT2D eigenvalue weighted by Gasteiger charge is -2.04. The third-order valence-corrected chi connectivity index (χ3v) is 1.42. The summed E-state index contributed by atoms with van der Waals surface area (Å²) >= 11 is 0. The molecule has 0 aromatic rings. The molecule has 2 atom stereocenters. The van der Waals surface area contributed by atoms with E-state index in [9.17, 15) is 9.59 Å². The number of epoxide rings is 1. The summed E-state index contributed by atoms with van der Waals surface area (Å²) in [4.78, 5) is 21.3. The molecule has 1 rings (SSSR count). The van der Waals surface area contributed by atoms with Crippen molar-refractivity contribution in [2.45, 2.75) is 32.1 Å². The van der Waals surface area contributed by atoms with Gasteiger partial charge in [-0.25, -0.2) is 4.79 Å². The van der Waals surface area contributed by atoms with E-state index in [1.807, 2.05) is 0 Å². The zero-order chi connectivity index (χ0) is 9.30. The van der Waals surface area contributed by atoms with Crippen LogP contribution in [0.3, 0.4) is 0 Å². The van der Waals surface area contributed by atoms with Gasteiger partial charge < -0.3 is 15.2 Å². The highest BCUT2D eigenvalue weighted by atomic mass is 16.6. The van der Waals surface area contributed by atoms with Crippen LogP contribution in [0.2, 0.25) is 0 Å². The summed E-state index contributed by atoms with van der Waals surface area (Å²) in [7, 11) is 0. The number of ether oxygens (including phenoxy) is 1. The van der Waals surface area contributed by atoms with Crippen LogP contribution in [-0.4, -0.2) is 35.2 Å². The number of carboxylic acid groups (broad SMARTS) is 1. The predicted molar refractivity (Wildman–Crippen MR) is 39.6 cm³/mol. The standard InChI is InChI=1S/C7H11NO4/c1-3(2)8-6(9)4-5(12-4)7(10)11/h3-5H,1-2H3,(H,8,9)(H,10,11)/t4-,5-/m0/s1. The van der Waals surface area contributed by atoms with Crippen LogP contribution in [0.5, 0.6) is 0 Å². The Hall–Kier alpha value is -1.10. The zero-order valence-corrected chi connectivity index (χ0v) is 6.90. The Bertz CT molecular complexity index is 213. The Balaban J connectivity index is 2.33. The van der Waals surface area contributed by atoms with E-state index in [2.05, 4.69) is 10.1 Å². The van der Waals surface area contributed by atoms with Gasteiger partial charge in [0.2, 0.25) is 0 Å². The molecule has 5 nitrogen and oxygen atoms in total. The summed E-state index contributed by atoms with van der Waals surface area (Å²) in [5.74, 6) is -1.43. The molecule has 1 aliphatic rings. The van der Waals surface area contributed by atoms with Gasteiger partial charge in [0, 0.05) is 6.04 Å². The Morgan fingerprint density at radius 1 is 1.42 bits per heavy atom. The summed E-state index contributed by atoms with van der Waals surface area (Å²) in [6.45, 7) is 3.60. The van der Waals surface area contributed by atoms with Gasteiger partial charge in [0.15, 0.2) is 12.2 Å². The van der Waals surface area contributed by atoms with Crippen molar-refractivity contribution in [1.82, 2.24) is 5.32 Å². The number of nitrogens with one attached hydrogen (secondary N) is 1. The minimum absolute atomic E-state index is 0.0103. The van der Waals surface area contributed by atoms with Crippen LogP contribution in [0.25, 0.3) is 0 Å². The van der Waals surface area contributed by atoms with Gasteiger partial charge in [0.1, 0.15) is 0 Å². The molecule has 1 saturated heterocycles. The van der Waals surface area contributed by atoms with Crippen molar-refractivity contribution >= 4 is 11.9 Å². The van der Waals surface area contributed by atoms with Crippen molar-refractivity contribution < 1.29 is 19.4 Å². The molecule has 12 heavy (non-hydrogen) atoms. The first-order valence-corrected chi connectivity index (χ1v) is 3.71. The molecule has 0 aromatic carbocycles. The molecule has 68 valence electrons. The highest BCUT2D eigenvalue weighted by Gasteiger charge is 2.50. The van der Waals surface area contributed by atoms with Crippen LogP contribution >= 0.6 is 0 Å². The summed E-state index contributed by atoms with van der Waals surface area (Å²) in [5, 5.41) is 11.0. The van der Waals surface area contributed by atoms with Gasteiger partial charge in [0.25, 0.3) is 5.91 Å². The number of carbonyl (C=O) groups excluding carboxylic acids is 1. The van der Waals surface area contributed by atoms with Crippen LogP contribution < -0.4 is 5.32 Å². The lowest BCUT2D eigenvalue weighted by molar-refractivity contribution is -0.138. The third kappa shape index (κ3) is 1.94. The number of carbonyl (C=O) groups is 2. The van der Waals surface area contributed by atoms with Crippen molar-refractivity contribution in [3.05, 3.63) is 0 Å². The molecular weight excluding hydrogens is 162 g/mol. The first-order valence-electron chi connectivity index (χ1n) is 3.71. The molecule has 1 aliphatic heterocycles. The molecule has 1 fully saturated rings. The molecule has 0 aromatic heterocycles. The molecule has 1 amide bonds. The summed E-state index contributed by atoms with van der Waals surface area (Å²) < 4.78 is 4.63. The van der Waals surface area contributed by atoms with Gasteiger partial charge >= 0.3 is 5.97 Å². The zero-order valence-electron chi connectivity index (χ0n) is 6.90. The lowest BCUT2D eigenvalue weighted by Crippen LogP contribution is -2.35. The Labute approximate surface area is 69.7 Å². The summed E-state index contributed by atoms with van der Waals surface area (Å²) in [6, 6.07) is 0.0103. The highest BCUT2D eigenvalue weighted by molar-refractivity contribution is 5.92. The van der Waals surface area contributed by atoms with Crippen LogP contribution in [-0.2, 0) is 14.3 Å². The van der Waals surface area contributed by atoms with Gasteiger partial charge in [0.05, 0.1) is 0 Å². The minimum Gasteiger partial charge on any atom is -0.479 e. The third-order valence-electron chi connectivity index (χ3n) is 1.42. The van der Waals surface area contributed by atoms with Crippen molar-refractivity contribution in [3.63, 3.8) is 0 Å². The van der Waals surface area contributed by atoms with Gasteiger partial charge in [-0.15, -0.1) is 0 Å². The maximum absolute atomic E-state index is 11.0. The van der Waals surface area contributed by atoms with Crippen molar-refractivity contribution in [2.24, 2.45) is 0 Å². The van der Waals surface area contributed by atoms with Crippen LogP contribution in [0.4, 0.5) is 0 Å². The van der Waals surface area contributed by atoms with Crippen molar-refractivity contribution in [1.29, 1.82) is 0 Å². The molecule has 0 aliphatic carbocycles. The topological polar surface area (TPSA) is 78.9 Å². The molecule has 1 heterocycles. The van der Waals surface area contributed by atoms with Gasteiger partial charge in [-0.3, -0.25) is 4.79 Å². The molecule has 0 radical (unpaired) electrons. The van der Waals surface area contributed by atoms with E-state index >= 15 is 0 Å². The largest absolute Gasteiger partial charge is 0.479 e. The van der Waals surface area contributed by atoms with E-state index in [1.165, 1.54) is 0 Å². The fourth-order valence-corrected chi connectivity index (χ4v) is 0.866. The van der Waals surface area contributed by atoms with E-state index < -0.39 is 18.2 Å². The van der Waals surface area contributed by atoms with E-state index in [0.29, 0.717) is 0 Å². The Morgan fingerprint density at radius 2 is 2.00 bits per heavy atom. The number of aliphatic carboxylic acids is 1. The fourth-order valence-electron chi connectivity index (χ4n) is 0.866. The Morgan fingerprint density at radius 3 is 2.33 bits per heavy atom. The number of carboxylic acids is 1. The average molecular weight is 173 g/mol. The van der Waals surface area contributed by atoms with Gasteiger partial charge in [-0.2, -0.15) is 0 Å². The molecule has 0 saturated carbocycles. The fraction of sp³-hybridized carbons (Fsp3) is 0.714. The van der Waals surface area contributed by atoms with Crippen LogP contribution in [0.15, 0.2) is 0 Å². The monoisotopic (exact) mass is 173 g/mol. The number of rotatable bonds is 3. The van der Waals surface area contributed by atoms with Crippen molar-refractivity contribution in [2.75, 3.05) is 0 Å². The van der Waals surface area contributed by atoms with Crippen LogP contribution in [0.1, 0.15) is 13.8 Å². The number of hydrogen-bond acceptors (Lipinski definition) is 3. The second-order valence-electron chi connectivity index (χ2n) is 2.98. The number of amides is 1. The average Bonchev–Trinajstić information content (AvgIpc) is 2.61. The van der Waals surface area contributed by atoms with Crippen molar-refractivity contribution in [3.8, 4) is 0 Å². The van der Waals surface area contributed by atoms with E-state index in [4.69, 9.17) is 5.11 Å². The van der Waals surface area contributed by atoms with Gasteiger partial charge in [-0.1, -0.05) is 0 Å². The molecule has 5 heteroatoms. The van der Waals surface area contributed by atoms with E-state index in [0.717, 1.165) is 0 Å². The predicted octanol–water partition coefficient (Wildman–Crippen LogP) is -0.637. The quantitative estimate of drug-likeness (QED) is 0.556. The molecule has 0 spiro atoms. The molecule has 2 N–H and O–H groups in total. The highest BCUT2D eigenvalue weighted by Crippen LogP contribution is 2.22. The molecule has 0 unspecified atom stereocenters. The normalized spacial score (nSPS) is 26.9. The maximum atomic E-state index is 11.0. The van der Waals surface area contributed by atoms with Gasteiger partial charge in [-0.05, 0) is 13.8 Å². The first kappa shape index (κ1) is 8.99. The lowest BCUT2D eigenvalue weighted by atomic mass is 10.3. The van der Waals surface area contributed by atoms with Crippen LogP contribution in [0, 0.1) is 0 Å². The second kappa shape index (κ2) is 3.10. The Kier molecular flexibility index (Phi) is 2.32. The molecule has 0 bridgehead atoms. The maximum Gasteiger partial charge on any atom is 0.336 e. The summed E-state index contributed by atoms with van der Waals surface area (Å²) in [6.07, 6.45) is -1.73. The molecular formula is C7H11NO4. The van der Waals surface area contributed by atoms with E-state index in [1.54, 1.807) is 13.8 Å². The smallest absolute Gasteiger partial charge is 0.336 e. The minimum atomic E-state index is -1.08. The SMILES string of the molecule is CC(C)NC(=O)[C@H]1O[C@@H]1C(=O)O. The first-order chi connectivity index (χ1) is 5.52. The summed E-state index contributed by atoms with van der Waals surface area (Å²) in [5.41, 5.74) is 0.